The first-order chi connectivity index (χ1) is 16.2. The Bertz CT molecular complexity index is 1300. The topological polar surface area (TPSA) is 66.8 Å². The fourth-order valence-electron chi connectivity index (χ4n) is 4.11. The van der Waals surface area contributed by atoms with Gasteiger partial charge in [-0.25, -0.2) is 0 Å². The van der Waals surface area contributed by atoms with Crippen molar-refractivity contribution in [1.82, 2.24) is 0 Å². The van der Waals surface area contributed by atoms with Gasteiger partial charge in [-0.1, -0.05) is 59.6 Å². The predicted octanol–water partition coefficient (Wildman–Crippen LogP) is 6.72. The number of benzene rings is 3. The summed E-state index contributed by atoms with van der Waals surface area (Å²) in [4.78, 5) is 28.0. The summed E-state index contributed by atoms with van der Waals surface area (Å²) in [5.41, 5.74) is 2.28. The van der Waals surface area contributed by atoms with Crippen molar-refractivity contribution in [2.75, 3.05) is 4.90 Å². The molecule has 4 rings (SSSR count). The standard InChI is InChI=1S/C27H23Cl2NO4/c1-15(2)34-21-9-6-8-17(11-21)25(31)23-24(22-10-5-4-7-16(22)3)30(27(33)26(23)32)20-13-18(28)12-19(29)14-20/h4-15,24,31H,1-3H3/b25-23+. The molecule has 1 aliphatic heterocycles. The van der Waals surface area contributed by atoms with Crippen molar-refractivity contribution in [3.8, 4) is 5.75 Å². The lowest BCUT2D eigenvalue weighted by Crippen LogP contribution is -2.29. The maximum atomic E-state index is 13.3. The second-order valence-corrected chi connectivity index (χ2v) is 9.22. The number of hydrogen-bond donors (Lipinski definition) is 1. The van der Waals surface area contributed by atoms with Gasteiger partial charge in [0.1, 0.15) is 11.5 Å². The van der Waals surface area contributed by atoms with Crippen LogP contribution in [0.5, 0.6) is 5.75 Å². The highest BCUT2D eigenvalue weighted by Crippen LogP contribution is 2.44. The van der Waals surface area contributed by atoms with Gasteiger partial charge in [0.05, 0.1) is 17.7 Å². The number of ether oxygens (including phenoxy) is 1. The molecule has 1 aliphatic rings. The second kappa shape index (κ2) is 9.53. The van der Waals surface area contributed by atoms with E-state index in [1.807, 2.05) is 45.0 Å². The highest BCUT2D eigenvalue weighted by atomic mass is 35.5. The molecule has 34 heavy (non-hydrogen) atoms. The molecule has 0 bridgehead atoms. The summed E-state index contributed by atoms with van der Waals surface area (Å²) < 4.78 is 5.74. The summed E-state index contributed by atoms with van der Waals surface area (Å²) in [6, 6.07) is 18.0. The Labute approximate surface area is 208 Å². The van der Waals surface area contributed by atoms with Crippen molar-refractivity contribution >= 4 is 46.3 Å². The van der Waals surface area contributed by atoms with Gasteiger partial charge >= 0.3 is 0 Å². The van der Waals surface area contributed by atoms with Crippen LogP contribution >= 0.6 is 23.2 Å². The molecule has 5 nitrogen and oxygen atoms in total. The van der Waals surface area contributed by atoms with E-state index >= 15 is 0 Å². The number of ketones is 1. The fraction of sp³-hybridized carbons (Fsp3) is 0.185. The smallest absolute Gasteiger partial charge is 0.300 e. The van der Waals surface area contributed by atoms with Crippen molar-refractivity contribution in [2.45, 2.75) is 32.9 Å². The van der Waals surface area contributed by atoms with Gasteiger partial charge in [-0.05, 0) is 62.2 Å². The Morgan fingerprint density at radius 1 is 0.971 bits per heavy atom. The molecule has 1 amide bonds. The lowest BCUT2D eigenvalue weighted by Gasteiger charge is -2.27. The molecule has 3 aromatic carbocycles. The third-order valence-electron chi connectivity index (χ3n) is 5.53. The molecule has 174 valence electrons. The number of aliphatic hydroxyl groups is 1. The van der Waals surface area contributed by atoms with E-state index in [1.54, 1.807) is 42.5 Å². The molecule has 3 aromatic rings. The zero-order chi connectivity index (χ0) is 24.6. The highest BCUT2D eigenvalue weighted by Gasteiger charge is 2.47. The van der Waals surface area contributed by atoms with E-state index in [-0.39, 0.29) is 17.4 Å². The van der Waals surface area contributed by atoms with Crippen LogP contribution < -0.4 is 9.64 Å². The average Bonchev–Trinajstić information content (AvgIpc) is 3.03. The summed E-state index contributed by atoms with van der Waals surface area (Å²) in [7, 11) is 0. The average molecular weight is 496 g/mol. The SMILES string of the molecule is Cc1ccccc1C1/C(=C(\O)c2cccc(OC(C)C)c2)C(=O)C(=O)N1c1cc(Cl)cc(Cl)c1. The number of nitrogens with zero attached hydrogens (tertiary/aromatic N) is 1. The molecule has 7 heteroatoms. The number of aryl methyl sites for hydroxylation is 1. The first-order valence-electron chi connectivity index (χ1n) is 10.8. The molecule has 1 saturated heterocycles. The van der Waals surface area contributed by atoms with Crippen LogP contribution in [0.4, 0.5) is 5.69 Å². The molecule has 0 saturated carbocycles. The van der Waals surface area contributed by atoms with Gasteiger partial charge in [0.2, 0.25) is 0 Å². The van der Waals surface area contributed by atoms with Crippen LogP contribution in [0.15, 0.2) is 72.3 Å². The Morgan fingerprint density at radius 2 is 1.65 bits per heavy atom. The number of hydrogen-bond acceptors (Lipinski definition) is 4. The van der Waals surface area contributed by atoms with Crippen molar-refractivity contribution < 1.29 is 19.4 Å². The lowest BCUT2D eigenvalue weighted by atomic mass is 9.92. The number of carbonyl (C=O) groups excluding carboxylic acids is 2. The molecule has 1 heterocycles. The van der Waals surface area contributed by atoms with E-state index in [9.17, 15) is 14.7 Å². The van der Waals surface area contributed by atoms with Gasteiger partial charge < -0.3 is 9.84 Å². The number of amides is 1. The molecular weight excluding hydrogens is 473 g/mol. The highest BCUT2D eigenvalue weighted by molar-refractivity contribution is 6.52. The van der Waals surface area contributed by atoms with E-state index in [1.165, 1.54) is 4.90 Å². The minimum atomic E-state index is -0.870. The maximum absolute atomic E-state index is 13.3. The second-order valence-electron chi connectivity index (χ2n) is 8.35. The monoisotopic (exact) mass is 495 g/mol. The fourth-order valence-corrected chi connectivity index (χ4v) is 4.62. The zero-order valence-corrected chi connectivity index (χ0v) is 20.4. The Balaban J connectivity index is 1.95. The van der Waals surface area contributed by atoms with E-state index in [0.717, 1.165) is 5.56 Å². The van der Waals surface area contributed by atoms with Crippen LogP contribution in [0.25, 0.3) is 5.76 Å². The first-order valence-corrected chi connectivity index (χ1v) is 11.5. The molecule has 1 unspecified atom stereocenters. The molecule has 0 radical (unpaired) electrons. The maximum Gasteiger partial charge on any atom is 0.300 e. The predicted molar refractivity (Wildman–Crippen MR) is 135 cm³/mol. The first kappa shape index (κ1) is 23.9. The molecule has 1 N–H and O–H groups in total. The van der Waals surface area contributed by atoms with Crippen LogP contribution in [0, 0.1) is 6.92 Å². The third kappa shape index (κ3) is 4.54. The van der Waals surface area contributed by atoms with Crippen LogP contribution in [-0.4, -0.2) is 22.9 Å². The molecule has 0 spiro atoms. The van der Waals surface area contributed by atoms with Crippen molar-refractivity contribution in [3.63, 3.8) is 0 Å². The number of halogens is 2. The number of carbonyl (C=O) groups is 2. The van der Waals surface area contributed by atoms with Crippen LogP contribution in [-0.2, 0) is 9.59 Å². The van der Waals surface area contributed by atoms with Gasteiger partial charge in [0.15, 0.2) is 0 Å². The van der Waals surface area contributed by atoms with E-state index in [2.05, 4.69) is 0 Å². The van der Waals surface area contributed by atoms with Gasteiger partial charge in [-0.2, -0.15) is 0 Å². The zero-order valence-electron chi connectivity index (χ0n) is 18.9. The normalized spacial score (nSPS) is 17.5. The van der Waals surface area contributed by atoms with Gasteiger partial charge in [0, 0.05) is 21.3 Å². The molecule has 1 atom stereocenters. The number of rotatable bonds is 5. The molecular formula is C27H23Cl2NO4. The van der Waals surface area contributed by atoms with E-state index in [4.69, 9.17) is 27.9 Å². The lowest BCUT2D eigenvalue weighted by molar-refractivity contribution is -0.132. The van der Waals surface area contributed by atoms with Crippen LogP contribution in [0.1, 0.15) is 36.6 Å². The van der Waals surface area contributed by atoms with Gasteiger partial charge in [0.25, 0.3) is 11.7 Å². The number of anilines is 1. The summed E-state index contributed by atoms with van der Waals surface area (Å²) in [6.07, 6.45) is -0.0671. The summed E-state index contributed by atoms with van der Waals surface area (Å²) >= 11 is 12.4. The summed E-state index contributed by atoms with van der Waals surface area (Å²) in [6.45, 7) is 5.68. The number of aliphatic hydroxyl groups excluding tert-OH is 1. The molecule has 1 fully saturated rings. The van der Waals surface area contributed by atoms with Crippen LogP contribution in [0.3, 0.4) is 0 Å². The van der Waals surface area contributed by atoms with Crippen molar-refractivity contribution in [1.29, 1.82) is 0 Å². The summed E-state index contributed by atoms with van der Waals surface area (Å²) in [5, 5.41) is 12.0. The Kier molecular flexibility index (Phi) is 6.69. The van der Waals surface area contributed by atoms with E-state index < -0.39 is 17.7 Å². The molecule has 0 aromatic heterocycles. The Morgan fingerprint density at radius 3 is 2.29 bits per heavy atom. The number of Topliss-reactive ketones (excluding diaryl/α,β-unsaturated/α-hetero) is 1. The quantitative estimate of drug-likeness (QED) is 0.242. The van der Waals surface area contributed by atoms with E-state index in [0.29, 0.717) is 32.6 Å². The van der Waals surface area contributed by atoms with Gasteiger partial charge in [-0.3, -0.25) is 14.5 Å². The largest absolute Gasteiger partial charge is 0.507 e. The van der Waals surface area contributed by atoms with Crippen molar-refractivity contribution in [2.24, 2.45) is 0 Å². The minimum Gasteiger partial charge on any atom is -0.507 e. The summed E-state index contributed by atoms with van der Waals surface area (Å²) in [5.74, 6) is -1.31. The van der Waals surface area contributed by atoms with Crippen LogP contribution in [0.2, 0.25) is 10.0 Å². The van der Waals surface area contributed by atoms with Crippen molar-refractivity contribution in [3.05, 3.63) is 99.0 Å². The third-order valence-corrected chi connectivity index (χ3v) is 5.97. The Hall–Kier alpha value is -3.28. The van der Waals surface area contributed by atoms with Gasteiger partial charge in [-0.15, -0.1) is 0 Å². The minimum absolute atomic E-state index is 0.0166. The molecule has 0 aliphatic carbocycles.